The van der Waals surface area contributed by atoms with Crippen LogP contribution >= 0.6 is 0 Å². The van der Waals surface area contributed by atoms with Crippen molar-refractivity contribution in [3.8, 4) is 5.75 Å². The fourth-order valence-electron chi connectivity index (χ4n) is 2.56. The topological polar surface area (TPSA) is 24.5 Å². The summed E-state index contributed by atoms with van der Waals surface area (Å²) in [5.74, 6) is 0.994. The van der Waals surface area contributed by atoms with Gasteiger partial charge in [0.2, 0.25) is 0 Å². The molecule has 1 rings (SSSR count). The smallest absolute Gasteiger partial charge is 0.122 e. The van der Waals surface area contributed by atoms with Gasteiger partial charge in [-0.2, -0.15) is 0 Å². The van der Waals surface area contributed by atoms with E-state index < -0.39 is 0 Å². The number of methoxy groups -OCH3 is 1. The Bertz CT molecular complexity index is 395. The standard InChI is InChI=1S/C18H32N2O/c1-6-12-19-17(7-2)14-20(4)15(3)13-16-10-8-9-11-18(16)21-5/h8-11,15,17,19H,6-7,12-14H2,1-5H3. The van der Waals surface area contributed by atoms with Gasteiger partial charge in [-0.25, -0.2) is 0 Å². The fourth-order valence-corrected chi connectivity index (χ4v) is 2.56. The molecule has 0 aliphatic heterocycles. The van der Waals surface area contributed by atoms with Gasteiger partial charge in [0.1, 0.15) is 5.75 Å². The van der Waals surface area contributed by atoms with Crippen molar-refractivity contribution >= 4 is 0 Å². The predicted octanol–water partition coefficient (Wildman–Crippen LogP) is 3.34. The van der Waals surface area contributed by atoms with Gasteiger partial charge in [0.05, 0.1) is 7.11 Å². The minimum absolute atomic E-state index is 0.499. The second-order valence-corrected chi connectivity index (χ2v) is 5.86. The summed E-state index contributed by atoms with van der Waals surface area (Å²) in [7, 11) is 3.96. The maximum absolute atomic E-state index is 5.45. The van der Waals surface area contributed by atoms with Crippen LogP contribution < -0.4 is 10.1 Å². The summed E-state index contributed by atoms with van der Waals surface area (Å²) in [5, 5.41) is 3.62. The first-order chi connectivity index (χ1) is 10.1. The summed E-state index contributed by atoms with van der Waals surface area (Å²) in [4.78, 5) is 2.45. The maximum Gasteiger partial charge on any atom is 0.122 e. The Balaban J connectivity index is 2.55. The third kappa shape index (κ3) is 6.06. The molecule has 3 nitrogen and oxygen atoms in total. The number of nitrogens with zero attached hydrogens (tertiary/aromatic N) is 1. The van der Waals surface area contributed by atoms with Gasteiger partial charge in [0, 0.05) is 18.6 Å². The SMILES string of the molecule is CCCNC(CC)CN(C)C(C)Cc1ccccc1OC. The second-order valence-electron chi connectivity index (χ2n) is 5.86. The lowest BCUT2D eigenvalue weighted by molar-refractivity contribution is 0.223. The average Bonchev–Trinajstić information content (AvgIpc) is 2.51. The molecule has 21 heavy (non-hydrogen) atoms. The van der Waals surface area contributed by atoms with Crippen LogP contribution in [-0.4, -0.2) is 44.2 Å². The van der Waals surface area contributed by atoms with Crippen LogP contribution in [0.3, 0.4) is 0 Å². The van der Waals surface area contributed by atoms with Gasteiger partial charge in [-0.05, 0) is 51.4 Å². The van der Waals surface area contributed by atoms with Gasteiger partial charge < -0.3 is 15.0 Å². The normalized spacial score (nSPS) is 14.2. The van der Waals surface area contributed by atoms with E-state index in [0.717, 1.165) is 25.3 Å². The number of rotatable bonds is 10. The molecule has 0 heterocycles. The van der Waals surface area contributed by atoms with Crippen LogP contribution in [-0.2, 0) is 6.42 Å². The summed E-state index contributed by atoms with van der Waals surface area (Å²) >= 11 is 0. The highest BCUT2D eigenvalue weighted by molar-refractivity contribution is 5.33. The summed E-state index contributed by atoms with van der Waals surface area (Å²) in [6.45, 7) is 8.96. The number of likely N-dealkylation sites (N-methyl/N-ethyl adjacent to an activating group) is 1. The number of hydrogen-bond donors (Lipinski definition) is 1. The van der Waals surface area contributed by atoms with Gasteiger partial charge >= 0.3 is 0 Å². The van der Waals surface area contributed by atoms with Crippen molar-refractivity contribution in [2.75, 3.05) is 27.2 Å². The van der Waals surface area contributed by atoms with Gasteiger partial charge in [0.15, 0.2) is 0 Å². The number of ether oxygens (including phenoxy) is 1. The molecule has 0 aromatic heterocycles. The molecule has 0 aliphatic rings. The molecule has 0 amide bonds. The highest BCUT2D eigenvalue weighted by atomic mass is 16.5. The van der Waals surface area contributed by atoms with Crippen LogP contribution in [0.1, 0.15) is 39.2 Å². The predicted molar refractivity (Wildman–Crippen MR) is 91.2 cm³/mol. The summed E-state index contributed by atoms with van der Waals surface area (Å²) in [5.41, 5.74) is 1.29. The van der Waals surface area contributed by atoms with E-state index in [1.165, 1.54) is 18.4 Å². The minimum Gasteiger partial charge on any atom is -0.496 e. The van der Waals surface area contributed by atoms with Crippen molar-refractivity contribution in [1.82, 2.24) is 10.2 Å². The number of benzene rings is 1. The van der Waals surface area contributed by atoms with Crippen LogP contribution in [0.15, 0.2) is 24.3 Å². The van der Waals surface area contributed by atoms with Crippen LogP contribution in [0, 0.1) is 0 Å². The third-order valence-corrected chi connectivity index (χ3v) is 4.14. The molecule has 0 spiro atoms. The lowest BCUT2D eigenvalue weighted by Crippen LogP contribution is -2.43. The zero-order chi connectivity index (χ0) is 15.7. The Labute approximate surface area is 130 Å². The summed E-state index contributed by atoms with van der Waals surface area (Å²) in [6, 6.07) is 9.39. The zero-order valence-electron chi connectivity index (χ0n) is 14.4. The molecule has 1 N–H and O–H groups in total. The molecule has 2 atom stereocenters. The Morgan fingerprint density at radius 2 is 1.95 bits per heavy atom. The van der Waals surface area contributed by atoms with E-state index in [-0.39, 0.29) is 0 Å². The second kappa shape index (κ2) is 9.80. The van der Waals surface area contributed by atoms with Crippen LogP contribution in [0.5, 0.6) is 5.75 Å². The van der Waals surface area contributed by atoms with Crippen LogP contribution in [0.4, 0.5) is 0 Å². The fraction of sp³-hybridized carbons (Fsp3) is 0.667. The molecule has 0 radical (unpaired) electrons. The lowest BCUT2D eigenvalue weighted by atomic mass is 10.0. The summed E-state index contributed by atoms with van der Waals surface area (Å²) < 4.78 is 5.45. The van der Waals surface area contributed by atoms with Crippen molar-refractivity contribution in [3.05, 3.63) is 29.8 Å². The van der Waals surface area contributed by atoms with E-state index in [1.54, 1.807) is 7.11 Å². The minimum atomic E-state index is 0.499. The number of hydrogen-bond acceptors (Lipinski definition) is 3. The van der Waals surface area contributed by atoms with E-state index in [0.29, 0.717) is 12.1 Å². The van der Waals surface area contributed by atoms with Gasteiger partial charge in [-0.1, -0.05) is 32.0 Å². The number of para-hydroxylation sites is 1. The molecule has 2 unspecified atom stereocenters. The first-order valence-corrected chi connectivity index (χ1v) is 8.17. The molecular weight excluding hydrogens is 260 g/mol. The highest BCUT2D eigenvalue weighted by Gasteiger charge is 2.16. The first kappa shape index (κ1) is 18.0. The largest absolute Gasteiger partial charge is 0.496 e. The quantitative estimate of drug-likeness (QED) is 0.716. The van der Waals surface area contributed by atoms with E-state index in [4.69, 9.17) is 4.74 Å². The molecule has 1 aromatic rings. The lowest BCUT2D eigenvalue weighted by Gasteiger charge is -2.29. The Morgan fingerprint density at radius 1 is 1.24 bits per heavy atom. The molecule has 3 heteroatoms. The molecule has 0 aliphatic carbocycles. The average molecular weight is 292 g/mol. The first-order valence-electron chi connectivity index (χ1n) is 8.17. The Kier molecular flexibility index (Phi) is 8.40. The molecule has 0 bridgehead atoms. The molecule has 120 valence electrons. The van der Waals surface area contributed by atoms with Crippen LogP contribution in [0.2, 0.25) is 0 Å². The van der Waals surface area contributed by atoms with Gasteiger partial charge in [-0.15, -0.1) is 0 Å². The Hall–Kier alpha value is -1.06. The molecule has 0 fully saturated rings. The van der Waals surface area contributed by atoms with E-state index in [9.17, 15) is 0 Å². The highest BCUT2D eigenvalue weighted by Crippen LogP contribution is 2.20. The van der Waals surface area contributed by atoms with Crippen molar-refractivity contribution < 1.29 is 4.74 Å². The van der Waals surface area contributed by atoms with Crippen molar-refractivity contribution in [3.63, 3.8) is 0 Å². The van der Waals surface area contributed by atoms with E-state index in [2.05, 4.69) is 50.2 Å². The molecule has 0 saturated heterocycles. The van der Waals surface area contributed by atoms with Crippen molar-refractivity contribution in [2.24, 2.45) is 0 Å². The third-order valence-electron chi connectivity index (χ3n) is 4.14. The van der Waals surface area contributed by atoms with Gasteiger partial charge in [-0.3, -0.25) is 0 Å². The van der Waals surface area contributed by atoms with Gasteiger partial charge in [0.25, 0.3) is 0 Å². The maximum atomic E-state index is 5.45. The zero-order valence-corrected chi connectivity index (χ0v) is 14.4. The van der Waals surface area contributed by atoms with E-state index >= 15 is 0 Å². The molecule has 1 aromatic carbocycles. The monoisotopic (exact) mass is 292 g/mol. The number of nitrogens with one attached hydrogen (secondary N) is 1. The van der Waals surface area contributed by atoms with Crippen molar-refractivity contribution in [1.29, 1.82) is 0 Å². The summed E-state index contributed by atoms with van der Waals surface area (Å²) in [6.07, 6.45) is 3.38. The van der Waals surface area contributed by atoms with Crippen molar-refractivity contribution in [2.45, 2.75) is 52.1 Å². The molecule has 0 saturated carbocycles. The van der Waals surface area contributed by atoms with Crippen LogP contribution in [0.25, 0.3) is 0 Å². The Morgan fingerprint density at radius 3 is 2.57 bits per heavy atom. The molecular formula is C18H32N2O. The van der Waals surface area contributed by atoms with E-state index in [1.807, 2.05) is 12.1 Å².